The predicted octanol–water partition coefficient (Wildman–Crippen LogP) is -0.984. The molecule has 0 saturated carbocycles. The molecular weight excluding hydrogens is 216 g/mol. The number of hydrogen-bond donors (Lipinski definition) is 0. The first-order valence-corrected chi connectivity index (χ1v) is 6.69. The van der Waals surface area contributed by atoms with Crippen LogP contribution in [0.25, 0.3) is 0 Å². The number of alkyl halides is 1. The average molecular weight is 228 g/mol. The van der Waals surface area contributed by atoms with Gasteiger partial charge in [0.2, 0.25) is 0 Å². The summed E-state index contributed by atoms with van der Waals surface area (Å²) in [5.41, 5.74) is 0. The van der Waals surface area contributed by atoms with E-state index >= 15 is 0 Å². The van der Waals surface area contributed by atoms with Crippen molar-refractivity contribution in [3.63, 3.8) is 0 Å². The lowest BCUT2D eigenvalue weighted by molar-refractivity contribution is 0.774. The van der Waals surface area contributed by atoms with Crippen LogP contribution >= 0.6 is 11.6 Å². The van der Waals surface area contributed by atoms with Gasteiger partial charge < -0.3 is 0 Å². The maximum absolute atomic E-state index is 5.59. The normalized spacial score (nSPS) is 8.76. The minimum Gasteiger partial charge on any atom is -0.127 e. The first-order valence-electron chi connectivity index (χ1n) is 6.16. The highest BCUT2D eigenvalue weighted by Crippen LogP contribution is 1.99. The summed E-state index contributed by atoms with van der Waals surface area (Å²) in [4.78, 5) is 0. The van der Waals surface area contributed by atoms with Crippen LogP contribution in [0, 0.1) is 0 Å². The lowest BCUT2D eigenvalue weighted by atomic mass is 8.97. The van der Waals surface area contributed by atoms with Crippen molar-refractivity contribution in [3.8, 4) is 0 Å². The van der Waals surface area contributed by atoms with E-state index in [1.807, 2.05) is 14.1 Å². The Bertz CT molecular complexity index is 124. The molecule has 0 heterocycles. The monoisotopic (exact) mass is 229 g/mol. The van der Waals surface area contributed by atoms with Crippen molar-refractivity contribution in [2.45, 2.75) is 31.8 Å². The van der Waals surface area contributed by atoms with Crippen molar-refractivity contribution in [2.24, 2.45) is 0 Å². The van der Waals surface area contributed by atoms with E-state index in [0.29, 0.717) is 0 Å². The fraction of sp³-hybridized carbons (Fsp3) is 1.00. The van der Waals surface area contributed by atoms with E-state index in [-0.39, 0.29) is 0 Å². The van der Waals surface area contributed by atoms with Gasteiger partial charge in [0.05, 0.1) is 7.17 Å². The van der Waals surface area contributed by atoms with E-state index in [1.54, 1.807) is 0 Å². The predicted molar refractivity (Wildman–Crippen MR) is 91.7 cm³/mol. The molecule has 11 heteroatoms. The molecule has 0 nitrogen and oxygen atoms in total. The van der Waals surface area contributed by atoms with Gasteiger partial charge in [-0.2, -0.15) is 0 Å². The van der Waals surface area contributed by atoms with E-state index in [2.05, 4.69) is 42.7 Å². The molecule has 0 aliphatic heterocycles. The fourth-order valence-electron chi connectivity index (χ4n) is 1.23. The van der Waals surface area contributed by atoms with Crippen molar-refractivity contribution < 1.29 is 0 Å². The van der Waals surface area contributed by atoms with Gasteiger partial charge in [-0.25, -0.2) is 0 Å². The minimum absolute atomic E-state index is 0.783. The first-order chi connectivity index (χ1) is 8.41. The molecule has 0 saturated heterocycles. The molecule has 0 fully saturated rings. The number of halogens is 1. The lowest BCUT2D eigenvalue weighted by Crippen LogP contribution is -2.26. The summed E-state index contributed by atoms with van der Waals surface area (Å²) >= 11 is 5.59. The molecule has 0 unspecified atom stereocenters. The Morgan fingerprint density at radius 2 is 1.47 bits per heavy atom. The summed E-state index contributed by atoms with van der Waals surface area (Å²) in [6.07, 6.45) is 5.66. The second kappa shape index (κ2) is 16.9. The molecule has 0 rings (SSSR count). The highest BCUT2D eigenvalue weighted by Gasteiger charge is 1.97. The Balaban J connectivity index is 2.85. The van der Waals surface area contributed by atoms with Crippen molar-refractivity contribution in [3.05, 3.63) is 0 Å². The molecule has 11 radical (unpaired) electrons. The Labute approximate surface area is 121 Å². The van der Waals surface area contributed by atoms with Gasteiger partial charge in [0.1, 0.15) is 0 Å². The van der Waals surface area contributed by atoms with E-state index in [4.69, 9.17) is 19.3 Å². The maximum Gasteiger partial charge on any atom is 0.0544 e. The zero-order valence-electron chi connectivity index (χ0n) is 10.4. The van der Waals surface area contributed by atoms with Crippen LogP contribution in [0.4, 0.5) is 0 Å². The quantitative estimate of drug-likeness (QED) is 0.203. The van der Waals surface area contributed by atoms with Crippen LogP contribution in [-0.2, 0) is 0 Å². The summed E-state index contributed by atoms with van der Waals surface area (Å²) in [6, 6.07) is 0. The second-order valence-electron chi connectivity index (χ2n) is 3.64. The van der Waals surface area contributed by atoms with Gasteiger partial charge in [0, 0.05) is 70.3 Å². The first kappa shape index (κ1) is 17.9. The van der Waals surface area contributed by atoms with Gasteiger partial charge in [-0.1, -0.05) is 19.2 Å². The molecule has 73 valence electrons. The van der Waals surface area contributed by atoms with E-state index in [0.717, 1.165) is 24.8 Å². The summed E-state index contributed by atoms with van der Waals surface area (Å²) in [5, 5.41) is 0. The van der Waals surface area contributed by atoms with Gasteiger partial charge in [0.25, 0.3) is 0 Å². The average Bonchev–Trinajstić information content (AvgIpc) is 2.35. The van der Waals surface area contributed by atoms with Crippen molar-refractivity contribution in [1.82, 2.24) is 0 Å². The fourth-order valence-corrected chi connectivity index (χ4v) is 1.42. The standard InChI is InChI=1S/C6H12B10Cl/c7-11-15-13-9-6-10-14-16-12-8-4-2-1-3-5-17/h1-6H2. The third-order valence-electron chi connectivity index (χ3n) is 2.13. The SMILES string of the molecule is [B][B][B][B][B]C[B][B][B][B][B]CCCCCCl. The second-order valence-corrected chi connectivity index (χ2v) is 4.01. The van der Waals surface area contributed by atoms with E-state index in [9.17, 15) is 0 Å². The van der Waals surface area contributed by atoms with Gasteiger partial charge in [-0.15, -0.1) is 17.8 Å². The summed E-state index contributed by atoms with van der Waals surface area (Å²) in [5.74, 6) is 0.783. The van der Waals surface area contributed by atoms with Gasteiger partial charge in [-0.3, -0.25) is 0 Å². The molecule has 0 atom stereocenters. The number of hydrogen-bond acceptors (Lipinski definition) is 0. The van der Waals surface area contributed by atoms with Crippen LogP contribution in [0.5, 0.6) is 0 Å². The lowest BCUT2D eigenvalue weighted by Gasteiger charge is -1.98. The number of rotatable bonds is 14. The summed E-state index contributed by atoms with van der Waals surface area (Å²) in [7, 11) is 23.1. The topological polar surface area (TPSA) is 0 Å². The third kappa shape index (κ3) is 16.9. The van der Waals surface area contributed by atoms with Crippen LogP contribution < -0.4 is 0 Å². The van der Waals surface area contributed by atoms with Crippen LogP contribution in [-0.4, -0.2) is 77.5 Å². The molecule has 0 aromatic heterocycles. The van der Waals surface area contributed by atoms with Gasteiger partial charge in [-0.05, 0) is 6.42 Å². The summed E-state index contributed by atoms with van der Waals surface area (Å²) in [6.45, 7) is 0. The zero-order chi connectivity index (χ0) is 12.6. The molecule has 0 N–H and O–H groups in total. The highest BCUT2D eigenvalue weighted by atomic mass is 35.5. The highest BCUT2D eigenvalue weighted by molar-refractivity contribution is 7.55. The molecule has 0 aliphatic carbocycles. The van der Waals surface area contributed by atoms with Crippen molar-refractivity contribution in [1.29, 1.82) is 0 Å². The van der Waals surface area contributed by atoms with Crippen molar-refractivity contribution >= 4 is 83.2 Å². The molecular formula is C6H12B10Cl. The van der Waals surface area contributed by atoms with Crippen LogP contribution in [0.2, 0.25) is 12.5 Å². The third-order valence-corrected chi connectivity index (χ3v) is 2.40. The van der Waals surface area contributed by atoms with Crippen molar-refractivity contribution in [2.75, 3.05) is 5.88 Å². The Hall–Kier alpha value is 0.939. The molecule has 0 aromatic carbocycles. The maximum atomic E-state index is 5.59. The largest absolute Gasteiger partial charge is 0.127 e. The molecule has 0 amide bonds. The molecule has 17 heavy (non-hydrogen) atoms. The summed E-state index contributed by atoms with van der Waals surface area (Å²) < 4.78 is 0. The van der Waals surface area contributed by atoms with Crippen LogP contribution in [0.15, 0.2) is 0 Å². The van der Waals surface area contributed by atoms with E-state index < -0.39 is 0 Å². The van der Waals surface area contributed by atoms with E-state index in [1.165, 1.54) is 19.9 Å². The van der Waals surface area contributed by atoms with Gasteiger partial charge >= 0.3 is 0 Å². The minimum atomic E-state index is 0.783. The molecule has 0 aliphatic rings. The van der Waals surface area contributed by atoms with Crippen LogP contribution in [0.3, 0.4) is 0 Å². The zero-order valence-corrected chi connectivity index (χ0v) is 11.2. The van der Waals surface area contributed by atoms with Gasteiger partial charge in [0.15, 0.2) is 0 Å². The Kier molecular flexibility index (Phi) is 17.9. The molecule has 0 bridgehead atoms. The smallest absolute Gasteiger partial charge is 0.0544 e. The van der Waals surface area contributed by atoms with Crippen LogP contribution in [0.1, 0.15) is 19.3 Å². The molecule has 0 aromatic rings. The molecule has 0 spiro atoms. The Morgan fingerprint density at radius 3 is 2.18 bits per heavy atom. The number of unbranched alkanes of at least 4 members (excludes halogenated alkanes) is 2. The Morgan fingerprint density at radius 1 is 0.765 bits per heavy atom.